The van der Waals surface area contributed by atoms with E-state index in [1.165, 1.54) is 0 Å². The summed E-state index contributed by atoms with van der Waals surface area (Å²) in [5.41, 5.74) is -1.21. The molecule has 0 spiro atoms. The van der Waals surface area contributed by atoms with Crippen LogP contribution in [0.25, 0.3) is 0 Å². The molecule has 2 saturated carbocycles. The van der Waals surface area contributed by atoms with Crippen LogP contribution in [0.1, 0.15) is 65.9 Å². The third-order valence-electron chi connectivity index (χ3n) is 7.10. The van der Waals surface area contributed by atoms with Crippen LogP contribution in [0.4, 0.5) is 22.0 Å². The van der Waals surface area contributed by atoms with E-state index in [4.69, 9.17) is 4.74 Å². The molecule has 33 heavy (non-hydrogen) atoms. The fourth-order valence-corrected chi connectivity index (χ4v) is 5.37. The van der Waals surface area contributed by atoms with Crippen LogP contribution >= 0.6 is 0 Å². The Morgan fingerprint density at radius 1 is 0.939 bits per heavy atom. The number of benzene rings is 2. The molecule has 0 saturated heterocycles. The molecule has 0 bridgehead atoms. The molecule has 2 fully saturated rings. The van der Waals surface area contributed by atoms with Crippen molar-refractivity contribution in [2.24, 2.45) is 17.8 Å². The molecule has 0 radical (unpaired) electrons. The van der Waals surface area contributed by atoms with Crippen LogP contribution in [0.2, 0.25) is 0 Å². The van der Waals surface area contributed by atoms with Gasteiger partial charge in [0.05, 0.1) is 11.1 Å². The Labute approximate surface area is 189 Å². The third-order valence-corrected chi connectivity index (χ3v) is 7.10. The third kappa shape index (κ3) is 5.12. The summed E-state index contributed by atoms with van der Waals surface area (Å²) in [4.78, 5) is 12.3. The molecule has 2 nitrogen and oxygen atoms in total. The van der Waals surface area contributed by atoms with E-state index < -0.39 is 29.3 Å². The smallest absolute Gasteiger partial charge is 0.416 e. The Hall–Kier alpha value is -2.70. The number of alkyl halides is 3. The second-order valence-corrected chi connectivity index (χ2v) is 9.10. The van der Waals surface area contributed by atoms with E-state index >= 15 is 0 Å². The lowest BCUT2D eigenvalue weighted by Gasteiger charge is -2.41. The molecule has 2 aliphatic carbocycles. The molecule has 176 valence electrons. The van der Waals surface area contributed by atoms with Crippen LogP contribution in [0, 0.1) is 29.4 Å². The van der Waals surface area contributed by atoms with Gasteiger partial charge < -0.3 is 4.74 Å². The van der Waals surface area contributed by atoms with Crippen molar-refractivity contribution in [1.29, 1.82) is 0 Å². The zero-order valence-corrected chi connectivity index (χ0v) is 18.0. The molecule has 4 atom stereocenters. The number of esters is 1. The van der Waals surface area contributed by atoms with Crippen LogP contribution in [-0.4, -0.2) is 5.97 Å². The first-order chi connectivity index (χ1) is 15.7. The quantitative estimate of drug-likeness (QED) is 0.201. The lowest BCUT2D eigenvalue weighted by atomic mass is 9.64. The van der Waals surface area contributed by atoms with Crippen molar-refractivity contribution >= 4 is 5.97 Å². The van der Waals surface area contributed by atoms with E-state index in [-0.39, 0.29) is 22.8 Å². The van der Waals surface area contributed by atoms with Crippen molar-refractivity contribution in [1.82, 2.24) is 0 Å². The first kappa shape index (κ1) is 23.5. The highest BCUT2D eigenvalue weighted by Crippen LogP contribution is 2.48. The van der Waals surface area contributed by atoms with Gasteiger partial charge in [-0.15, -0.1) is 6.58 Å². The molecule has 7 heteroatoms. The molecule has 2 aromatic carbocycles. The number of allylic oxidation sites excluding steroid dienone is 1. The van der Waals surface area contributed by atoms with Crippen molar-refractivity contribution in [3.63, 3.8) is 0 Å². The van der Waals surface area contributed by atoms with Crippen LogP contribution in [0.5, 0.6) is 5.75 Å². The standard InChI is InChI=1S/C26H25F5O2/c1-2-15-3-4-17-12-18(6-5-16(17)11-15)24-22(27)13-19(14-23(24)28)25(32)33-21-9-7-20(8-10-21)26(29,30)31/h2,7-10,13-18H,1,3-6,11-12H2. The van der Waals surface area contributed by atoms with Crippen molar-refractivity contribution < 1.29 is 31.5 Å². The van der Waals surface area contributed by atoms with Crippen LogP contribution in [0.3, 0.4) is 0 Å². The van der Waals surface area contributed by atoms with Gasteiger partial charge in [-0.1, -0.05) is 6.08 Å². The second kappa shape index (κ2) is 9.27. The minimum absolute atomic E-state index is 0.00498. The molecular formula is C26H25F5O2. The Morgan fingerprint density at radius 2 is 1.55 bits per heavy atom. The number of hydrogen-bond acceptors (Lipinski definition) is 2. The Bertz CT molecular complexity index is 1000. The predicted molar refractivity (Wildman–Crippen MR) is 114 cm³/mol. The molecule has 0 aliphatic heterocycles. The highest BCUT2D eigenvalue weighted by Gasteiger charge is 2.37. The van der Waals surface area contributed by atoms with E-state index in [2.05, 4.69) is 6.58 Å². The summed E-state index contributed by atoms with van der Waals surface area (Å²) in [6.45, 7) is 3.89. The molecule has 0 N–H and O–H groups in total. The zero-order valence-electron chi connectivity index (χ0n) is 18.0. The number of ether oxygens (including phenoxy) is 1. The summed E-state index contributed by atoms with van der Waals surface area (Å²) >= 11 is 0. The monoisotopic (exact) mass is 464 g/mol. The Balaban J connectivity index is 1.46. The first-order valence-corrected chi connectivity index (χ1v) is 11.2. The van der Waals surface area contributed by atoms with Gasteiger partial charge in [-0.25, -0.2) is 13.6 Å². The molecule has 0 amide bonds. The summed E-state index contributed by atoms with van der Waals surface area (Å²) in [6.07, 6.45) is 2.97. The van der Waals surface area contributed by atoms with Crippen LogP contribution in [0.15, 0.2) is 49.1 Å². The Morgan fingerprint density at radius 3 is 2.15 bits per heavy atom. The largest absolute Gasteiger partial charge is 0.423 e. The first-order valence-electron chi connectivity index (χ1n) is 11.2. The van der Waals surface area contributed by atoms with Gasteiger partial charge in [0.1, 0.15) is 17.4 Å². The maximum Gasteiger partial charge on any atom is 0.416 e. The fraction of sp³-hybridized carbons (Fsp3) is 0.423. The van der Waals surface area contributed by atoms with Gasteiger partial charge in [0.2, 0.25) is 0 Å². The number of carbonyl (C=O) groups is 1. The Kier molecular flexibility index (Phi) is 6.59. The number of fused-ring (bicyclic) bond motifs is 1. The second-order valence-electron chi connectivity index (χ2n) is 9.10. The highest BCUT2D eigenvalue weighted by atomic mass is 19.4. The number of hydrogen-bond donors (Lipinski definition) is 0. The van der Waals surface area contributed by atoms with Gasteiger partial charge in [0, 0.05) is 5.56 Å². The van der Waals surface area contributed by atoms with E-state index in [0.717, 1.165) is 68.5 Å². The minimum Gasteiger partial charge on any atom is -0.423 e. The summed E-state index contributed by atoms with van der Waals surface area (Å²) in [7, 11) is 0. The normalized spacial score (nSPS) is 25.2. The van der Waals surface area contributed by atoms with E-state index in [1.54, 1.807) is 0 Å². The fourth-order valence-electron chi connectivity index (χ4n) is 5.37. The minimum atomic E-state index is -4.52. The molecule has 4 unspecified atom stereocenters. The molecule has 2 aromatic rings. The van der Waals surface area contributed by atoms with Gasteiger partial charge in [0.15, 0.2) is 0 Å². The van der Waals surface area contributed by atoms with E-state index in [1.807, 2.05) is 6.08 Å². The maximum atomic E-state index is 14.9. The summed E-state index contributed by atoms with van der Waals surface area (Å²) in [6, 6.07) is 5.41. The average molecular weight is 464 g/mol. The lowest BCUT2D eigenvalue weighted by Crippen LogP contribution is -2.30. The van der Waals surface area contributed by atoms with Gasteiger partial charge in [-0.2, -0.15) is 13.2 Å². The summed E-state index contributed by atoms with van der Waals surface area (Å²) < 4.78 is 72.8. The van der Waals surface area contributed by atoms with Crippen LogP contribution in [-0.2, 0) is 6.18 Å². The molecular weight excluding hydrogens is 439 g/mol. The molecule has 2 aliphatic rings. The van der Waals surface area contributed by atoms with Crippen molar-refractivity contribution in [2.75, 3.05) is 0 Å². The van der Waals surface area contributed by atoms with E-state index in [9.17, 15) is 26.7 Å². The van der Waals surface area contributed by atoms with E-state index in [0.29, 0.717) is 24.2 Å². The molecule has 0 aromatic heterocycles. The maximum absolute atomic E-state index is 14.9. The van der Waals surface area contributed by atoms with Crippen molar-refractivity contribution in [2.45, 2.75) is 50.6 Å². The number of halogens is 5. The summed E-state index contributed by atoms with van der Waals surface area (Å²) in [5.74, 6) is -1.50. The van der Waals surface area contributed by atoms with Gasteiger partial charge >= 0.3 is 12.1 Å². The zero-order chi connectivity index (χ0) is 23.8. The van der Waals surface area contributed by atoms with Gasteiger partial charge in [-0.05, 0) is 98.6 Å². The van der Waals surface area contributed by atoms with Crippen LogP contribution < -0.4 is 4.74 Å². The topological polar surface area (TPSA) is 26.3 Å². The summed E-state index contributed by atoms with van der Waals surface area (Å²) in [5, 5.41) is 0. The van der Waals surface area contributed by atoms with Gasteiger partial charge in [-0.3, -0.25) is 0 Å². The number of carbonyl (C=O) groups excluding carboxylic acids is 1. The average Bonchev–Trinajstić information content (AvgIpc) is 2.78. The highest BCUT2D eigenvalue weighted by molar-refractivity contribution is 5.91. The molecule has 0 heterocycles. The van der Waals surface area contributed by atoms with Gasteiger partial charge in [0.25, 0.3) is 0 Å². The lowest BCUT2D eigenvalue weighted by molar-refractivity contribution is -0.137. The number of rotatable bonds is 4. The van der Waals surface area contributed by atoms with Crippen molar-refractivity contribution in [3.05, 3.63) is 77.4 Å². The predicted octanol–water partition coefficient (Wildman–Crippen LogP) is 7.69. The molecule has 4 rings (SSSR count). The SMILES string of the molecule is C=CC1CCC2CC(c3c(F)cc(C(=O)Oc4ccc(C(F)(F)F)cc4)cc3F)CCC2C1. The van der Waals surface area contributed by atoms with Crippen molar-refractivity contribution in [3.8, 4) is 5.75 Å².